The Labute approximate surface area is 158 Å². The number of rotatable bonds is 4. The van der Waals surface area contributed by atoms with Crippen molar-refractivity contribution in [2.45, 2.75) is 32.4 Å². The fourth-order valence-electron chi connectivity index (χ4n) is 3.16. The summed E-state index contributed by atoms with van der Waals surface area (Å²) in [5.74, 6) is -0.148. The van der Waals surface area contributed by atoms with Crippen molar-refractivity contribution in [2.75, 3.05) is 16.8 Å². The molecule has 2 N–H and O–H groups in total. The van der Waals surface area contributed by atoms with Gasteiger partial charge in [-0.3, -0.25) is 9.59 Å². The van der Waals surface area contributed by atoms with E-state index in [1.807, 2.05) is 62.4 Å². The number of nitrogens with zero attached hydrogens (tertiary/aromatic N) is 1. The minimum absolute atomic E-state index is 0.00787. The summed E-state index contributed by atoms with van der Waals surface area (Å²) in [4.78, 5) is 26.7. The number of benzene rings is 2. The zero-order valence-electron chi connectivity index (χ0n) is 14.8. The first kappa shape index (κ1) is 18.4. The number of hydrogen-bond donors (Lipinski definition) is 2. The second-order valence-electron chi connectivity index (χ2n) is 6.54. The molecule has 2 atom stereocenters. The Hall–Kier alpha value is -2.37. The van der Waals surface area contributed by atoms with E-state index in [2.05, 4.69) is 10.6 Å². The number of amides is 2. The van der Waals surface area contributed by atoms with E-state index in [1.54, 1.807) is 4.90 Å². The van der Waals surface area contributed by atoms with Gasteiger partial charge >= 0.3 is 0 Å². The van der Waals surface area contributed by atoms with Gasteiger partial charge in [0.1, 0.15) is 0 Å². The van der Waals surface area contributed by atoms with Crippen LogP contribution < -0.4 is 15.5 Å². The normalized spacial score (nSPS) is 17.9. The molecule has 5 nitrogen and oxygen atoms in total. The van der Waals surface area contributed by atoms with Crippen LogP contribution in [-0.4, -0.2) is 24.4 Å². The smallest absolute Gasteiger partial charge is 0.241 e. The van der Waals surface area contributed by atoms with Gasteiger partial charge in [-0.05, 0) is 43.7 Å². The molecule has 0 aliphatic carbocycles. The lowest BCUT2D eigenvalue weighted by Crippen LogP contribution is -2.44. The Kier molecular flexibility index (Phi) is 5.59. The average molecular weight is 372 g/mol. The van der Waals surface area contributed by atoms with E-state index in [1.165, 1.54) is 0 Å². The van der Waals surface area contributed by atoms with E-state index < -0.39 is 0 Å². The summed E-state index contributed by atoms with van der Waals surface area (Å²) in [6.07, 6.45) is 0.271. The molecule has 2 amide bonds. The van der Waals surface area contributed by atoms with Gasteiger partial charge in [-0.2, -0.15) is 0 Å². The average Bonchev–Trinajstić information content (AvgIpc) is 2.74. The molecule has 0 radical (unpaired) electrons. The summed E-state index contributed by atoms with van der Waals surface area (Å²) in [7, 11) is 0. The van der Waals surface area contributed by atoms with Crippen molar-refractivity contribution in [2.24, 2.45) is 0 Å². The summed E-state index contributed by atoms with van der Waals surface area (Å²) >= 11 is 5.92. The van der Waals surface area contributed by atoms with Gasteiger partial charge < -0.3 is 15.5 Å². The van der Waals surface area contributed by atoms with Crippen LogP contribution in [0.15, 0.2) is 48.5 Å². The van der Waals surface area contributed by atoms with Gasteiger partial charge in [-0.1, -0.05) is 35.9 Å². The first-order valence-corrected chi connectivity index (χ1v) is 9.03. The quantitative estimate of drug-likeness (QED) is 0.860. The molecular weight excluding hydrogens is 350 g/mol. The maximum absolute atomic E-state index is 12.9. The SMILES string of the molecule is C[C@H](NCC(=O)N1c2ccccc2NC(=O)C[C@@H]1C)c1ccc(Cl)cc1. The molecule has 0 saturated heterocycles. The van der Waals surface area contributed by atoms with Crippen LogP contribution in [0.25, 0.3) is 0 Å². The molecule has 2 aromatic carbocycles. The van der Waals surface area contributed by atoms with Crippen LogP contribution in [0.2, 0.25) is 5.02 Å². The van der Waals surface area contributed by atoms with Gasteiger partial charge in [-0.25, -0.2) is 0 Å². The van der Waals surface area contributed by atoms with Crippen LogP contribution in [0.4, 0.5) is 11.4 Å². The highest BCUT2D eigenvalue weighted by atomic mass is 35.5. The van der Waals surface area contributed by atoms with Crippen LogP contribution in [0.3, 0.4) is 0 Å². The van der Waals surface area contributed by atoms with Crippen molar-refractivity contribution in [3.8, 4) is 0 Å². The van der Waals surface area contributed by atoms with Gasteiger partial charge in [0, 0.05) is 23.5 Å². The van der Waals surface area contributed by atoms with Crippen molar-refractivity contribution in [1.82, 2.24) is 5.32 Å². The summed E-state index contributed by atoms with van der Waals surface area (Å²) in [6.45, 7) is 4.07. The van der Waals surface area contributed by atoms with E-state index in [4.69, 9.17) is 11.6 Å². The molecule has 136 valence electrons. The second-order valence-corrected chi connectivity index (χ2v) is 6.97. The topological polar surface area (TPSA) is 61.4 Å². The Bertz CT molecular complexity index is 807. The molecular formula is C20H22ClN3O2. The number of hydrogen-bond acceptors (Lipinski definition) is 3. The van der Waals surface area contributed by atoms with Crippen LogP contribution in [-0.2, 0) is 9.59 Å². The Morgan fingerprint density at radius 1 is 1.27 bits per heavy atom. The number of halogens is 1. The Morgan fingerprint density at radius 2 is 1.96 bits per heavy atom. The third-order valence-corrected chi connectivity index (χ3v) is 4.81. The van der Waals surface area contributed by atoms with Crippen LogP contribution >= 0.6 is 11.6 Å². The number of carbonyl (C=O) groups excluding carboxylic acids is 2. The molecule has 6 heteroatoms. The van der Waals surface area contributed by atoms with Gasteiger partial charge in [0.2, 0.25) is 11.8 Å². The van der Waals surface area contributed by atoms with Crippen molar-refractivity contribution >= 4 is 34.8 Å². The fraction of sp³-hybridized carbons (Fsp3) is 0.300. The first-order chi connectivity index (χ1) is 12.5. The van der Waals surface area contributed by atoms with Gasteiger partial charge in [0.25, 0.3) is 0 Å². The molecule has 3 rings (SSSR count). The highest BCUT2D eigenvalue weighted by Crippen LogP contribution is 2.31. The summed E-state index contributed by atoms with van der Waals surface area (Å²) in [6, 6.07) is 14.7. The zero-order valence-corrected chi connectivity index (χ0v) is 15.6. The van der Waals surface area contributed by atoms with Crippen LogP contribution in [0.1, 0.15) is 31.9 Å². The number of fused-ring (bicyclic) bond motifs is 1. The zero-order chi connectivity index (χ0) is 18.7. The minimum atomic E-state index is -0.209. The molecule has 0 aromatic heterocycles. The molecule has 0 bridgehead atoms. The molecule has 26 heavy (non-hydrogen) atoms. The highest BCUT2D eigenvalue weighted by molar-refractivity contribution is 6.30. The maximum Gasteiger partial charge on any atom is 0.241 e. The fourth-order valence-corrected chi connectivity index (χ4v) is 3.29. The summed E-state index contributed by atoms with van der Waals surface area (Å²) < 4.78 is 0. The van der Waals surface area contributed by atoms with E-state index in [0.717, 1.165) is 11.3 Å². The van der Waals surface area contributed by atoms with Crippen molar-refractivity contribution in [1.29, 1.82) is 0 Å². The van der Waals surface area contributed by atoms with Crippen LogP contribution in [0, 0.1) is 0 Å². The van der Waals surface area contributed by atoms with Crippen molar-refractivity contribution in [3.63, 3.8) is 0 Å². The standard InChI is InChI=1S/C20H22ClN3O2/c1-13-11-19(25)23-17-5-3-4-6-18(17)24(13)20(26)12-22-14(2)15-7-9-16(21)10-8-15/h3-10,13-14,22H,11-12H2,1-2H3,(H,23,25)/t13-,14-/m0/s1. The predicted molar refractivity (Wildman–Crippen MR) is 105 cm³/mol. The van der Waals surface area contributed by atoms with Gasteiger partial charge in [-0.15, -0.1) is 0 Å². The largest absolute Gasteiger partial charge is 0.324 e. The number of nitrogens with one attached hydrogen (secondary N) is 2. The van der Waals surface area contributed by atoms with E-state index in [-0.39, 0.29) is 36.9 Å². The highest BCUT2D eigenvalue weighted by Gasteiger charge is 2.29. The molecule has 0 unspecified atom stereocenters. The minimum Gasteiger partial charge on any atom is -0.324 e. The number of anilines is 2. The molecule has 1 aliphatic heterocycles. The monoisotopic (exact) mass is 371 g/mol. The lowest BCUT2D eigenvalue weighted by Gasteiger charge is -2.28. The van der Waals surface area contributed by atoms with Gasteiger partial charge in [0.15, 0.2) is 0 Å². The van der Waals surface area contributed by atoms with Crippen LogP contribution in [0.5, 0.6) is 0 Å². The van der Waals surface area contributed by atoms with Crippen molar-refractivity contribution < 1.29 is 9.59 Å². The molecule has 0 spiro atoms. The second kappa shape index (κ2) is 7.89. The summed E-state index contributed by atoms with van der Waals surface area (Å²) in [5, 5.41) is 6.81. The first-order valence-electron chi connectivity index (χ1n) is 8.65. The molecule has 1 aliphatic rings. The third kappa shape index (κ3) is 4.06. The molecule has 0 saturated carbocycles. The molecule has 2 aromatic rings. The Morgan fingerprint density at radius 3 is 2.69 bits per heavy atom. The lowest BCUT2D eigenvalue weighted by molar-refractivity contribution is -0.118. The molecule has 1 heterocycles. The van der Waals surface area contributed by atoms with E-state index >= 15 is 0 Å². The Balaban J connectivity index is 1.74. The van der Waals surface area contributed by atoms with E-state index in [0.29, 0.717) is 10.7 Å². The number of para-hydroxylation sites is 2. The molecule has 0 fully saturated rings. The van der Waals surface area contributed by atoms with Crippen molar-refractivity contribution in [3.05, 3.63) is 59.1 Å². The van der Waals surface area contributed by atoms with E-state index in [9.17, 15) is 9.59 Å². The maximum atomic E-state index is 12.9. The third-order valence-electron chi connectivity index (χ3n) is 4.56. The predicted octanol–water partition coefficient (Wildman–Crippen LogP) is 3.75. The van der Waals surface area contributed by atoms with Gasteiger partial charge in [0.05, 0.1) is 17.9 Å². The lowest BCUT2D eigenvalue weighted by atomic mass is 10.1. The summed E-state index contributed by atoms with van der Waals surface area (Å²) in [5.41, 5.74) is 2.46. The number of carbonyl (C=O) groups is 2.